The van der Waals surface area contributed by atoms with Crippen molar-refractivity contribution in [3.63, 3.8) is 0 Å². The molecule has 0 unspecified atom stereocenters. The number of nitrogens with one attached hydrogen (secondary N) is 2. The van der Waals surface area contributed by atoms with Crippen LogP contribution in [0.2, 0.25) is 0 Å². The van der Waals surface area contributed by atoms with Crippen LogP contribution in [0.5, 0.6) is 0 Å². The third kappa shape index (κ3) is 4.36. The van der Waals surface area contributed by atoms with Crippen molar-refractivity contribution in [3.8, 4) is 0 Å². The van der Waals surface area contributed by atoms with Crippen molar-refractivity contribution in [1.29, 1.82) is 0 Å². The maximum absolute atomic E-state index is 12.8. The van der Waals surface area contributed by atoms with Crippen molar-refractivity contribution in [2.45, 2.75) is 59.0 Å². The highest BCUT2D eigenvalue weighted by molar-refractivity contribution is 6.05. The lowest BCUT2D eigenvalue weighted by molar-refractivity contribution is -0.132. The molecule has 0 spiro atoms. The van der Waals surface area contributed by atoms with E-state index >= 15 is 0 Å². The number of nitrogens with zero attached hydrogens (tertiary/aromatic N) is 3. The van der Waals surface area contributed by atoms with Crippen LogP contribution in [-0.4, -0.2) is 45.0 Å². The van der Waals surface area contributed by atoms with Gasteiger partial charge in [0.05, 0.1) is 11.3 Å². The van der Waals surface area contributed by atoms with Gasteiger partial charge in [-0.3, -0.25) is 30.0 Å². The first-order valence-corrected chi connectivity index (χ1v) is 11.7. The van der Waals surface area contributed by atoms with Crippen molar-refractivity contribution in [3.05, 3.63) is 40.3 Å². The van der Waals surface area contributed by atoms with Crippen molar-refractivity contribution in [2.75, 3.05) is 6.54 Å². The zero-order chi connectivity index (χ0) is 23.7. The number of rotatable bonds is 4. The fourth-order valence-electron chi connectivity index (χ4n) is 5.12. The van der Waals surface area contributed by atoms with Gasteiger partial charge in [-0.1, -0.05) is 44.9 Å². The van der Waals surface area contributed by atoms with Crippen molar-refractivity contribution in [2.24, 2.45) is 17.8 Å². The molecule has 4 rings (SSSR count). The molecule has 2 N–H and O–H groups in total. The monoisotopic (exact) mass is 453 g/mol. The topological polar surface area (TPSA) is 113 Å². The number of hydrogen-bond acceptors (Lipinski definition) is 5. The zero-order valence-electron chi connectivity index (χ0n) is 19.3. The van der Waals surface area contributed by atoms with E-state index < -0.39 is 17.7 Å². The summed E-state index contributed by atoms with van der Waals surface area (Å²) in [5.41, 5.74) is 4.66. The third-order valence-corrected chi connectivity index (χ3v) is 7.27. The van der Waals surface area contributed by atoms with Gasteiger partial charge in [-0.05, 0) is 31.2 Å². The van der Waals surface area contributed by atoms with Crippen LogP contribution in [0.25, 0.3) is 10.8 Å². The van der Waals surface area contributed by atoms with E-state index in [9.17, 15) is 19.2 Å². The van der Waals surface area contributed by atoms with E-state index in [1.54, 1.807) is 31.2 Å². The number of likely N-dealkylation sites (tertiary alicyclic amines) is 1. The lowest BCUT2D eigenvalue weighted by Gasteiger charge is -2.40. The molecule has 4 atom stereocenters. The van der Waals surface area contributed by atoms with Gasteiger partial charge in [0.1, 0.15) is 0 Å². The number of aryl methyl sites for hydroxylation is 1. The highest BCUT2D eigenvalue weighted by Gasteiger charge is 2.41. The Kier molecular flexibility index (Phi) is 6.49. The smallest absolute Gasteiger partial charge is 0.290 e. The number of hydrogen-bond donors (Lipinski definition) is 2. The molecule has 1 saturated heterocycles. The number of aromatic nitrogens is 2. The zero-order valence-corrected chi connectivity index (χ0v) is 19.3. The second kappa shape index (κ2) is 9.33. The molecular formula is C24H31N5O4. The Balaban J connectivity index is 1.43. The molecule has 3 amide bonds. The molecule has 1 aromatic heterocycles. The Morgan fingerprint density at radius 3 is 2.55 bits per heavy atom. The summed E-state index contributed by atoms with van der Waals surface area (Å²) in [6.45, 7) is 6.85. The van der Waals surface area contributed by atoms with E-state index in [2.05, 4.69) is 29.8 Å². The Morgan fingerprint density at radius 2 is 1.82 bits per heavy atom. The van der Waals surface area contributed by atoms with Crippen LogP contribution in [0.15, 0.2) is 29.1 Å². The van der Waals surface area contributed by atoms with Crippen LogP contribution in [0.1, 0.15) is 56.9 Å². The van der Waals surface area contributed by atoms with E-state index in [-0.39, 0.29) is 29.6 Å². The summed E-state index contributed by atoms with van der Waals surface area (Å²) < 4.78 is 1.22. The first-order chi connectivity index (χ1) is 15.8. The van der Waals surface area contributed by atoms with Gasteiger partial charge in [-0.15, -0.1) is 0 Å². The maximum Gasteiger partial charge on any atom is 0.290 e. The van der Waals surface area contributed by atoms with E-state index in [0.29, 0.717) is 35.7 Å². The van der Waals surface area contributed by atoms with E-state index in [4.69, 9.17) is 0 Å². The largest absolute Gasteiger partial charge is 0.339 e. The average molecular weight is 454 g/mol. The van der Waals surface area contributed by atoms with Gasteiger partial charge in [0, 0.05) is 30.9 Å². The minimum absolute atomic E-state index is 0.00453. The third-order valence-electron chi connectivity index (χ3n) is 7.27. The second-order valence-corrected chi connectivity index (χ2v) is 9.24. The van der Waals surface area contributed by atoms with Gasteiger partial charge in [-0.25, -0.2) is 4.68 Å². The predicted molar refractivity (Wildman–Crippen MR) is 123 cm³/mol. The Hall–Kier alpha value is -3.23. The first kappa shape index (κ1) is 22.9. The fourth-order valence-corrected chi connectivity index (χ4v) is 5.12. The van der Waals surface area contributed by atoms with Gasteiger partial charge >= 0.3 is 0 Å². The van der Waals surface area contributed by atoms with Crippen LogP contribution in [-0.2, 0) is 16.1 Å². The minimum Gasteiger partial charge on any atom is -0.339 e. The Morgan fingerprint density at radius 1 is 1.09 bits per heavy atom. The standard InChI is InChI=1S/C24H31N5O4/c1-4-29-24(33)18-10-6-5-9-17(18)21(27-29)23(32)26-25-22(31)16-12-20(30)28(13-16)19-11-7-8-14(2)15(19)3/h5-6,9-10,14-16,19H,4,7-8,11-13H2,1-3H3,(H,25,31)(H,26,32)/t14-,15+,16-,19-/m1/s1. The molecular weight excluding hydrogens is 422 g/mol. The Labute approximate surface area is 192 Å². The molecule has 9 heteroatoms. The summed E-state index contributed by atoms with van der Waals surface area (Å²) in [7, 11) is 0. The maximum atomic E-state index is 12.8. The molecule has 1 aromatic carbocycles. The molecule has 0 radical (unpaired) electrons. The van der Waals surface area contributed by atoms with Crippen LogP contribution < -0.4 is 16.4 Å². The molecule has 9 nitrogen and oxygen atoms in total. The molecule has 2 heterocycles. The van der Waals surface area contributed by atoms with E-state index in [0.717, 1.165) is 12.8 Å². The first-order valence-electron chi connectivity index (χ1n) is 11.7. The van der Waals surface area contributed by atoms with Gasteiger partial charge in [-0.2, -0.15) is 5.10 Å². The molecule has 1 saturated carbocycles. The second-order valence-electron chi connectivity index (χ2n) is 9.24. The molecule has 1 aliphatic heterocycles. The lowest BCUT2D eigenvalue weighted by Crippen LogP contribution is -2.47. The average Bonchev–Trinajstić information content (AvgIpc) is 3.21. The van der Waals surface area contributed by atoms with Crippen LogP contribution in [0, 0.1) is 17.8 Å². The van der Waals surface area contributed by atoms with Gasteiger partial charge < -0.3 is 4.90 Å². The van der Waals surface area contributed by atoms with Gasteiger partial charge in [0.15, 0.2) is 5.69 Å². The van der Waals surface area contributed by atoms with E-state index in [1.165, 1.54) is 11.1 Å². The fraction of sp³-hybridized carbons (Fsp3) is 0.542. The SMILES string of the molecule is CCn1nc(C(=O)NNC(=O)[C@@H]2CC(=O)N([C@@H]3CCC[C@@H](C)[C@@H]3C)C2)c2ccccc2c1=O. The van der Waals surface area contributed by atoms with Crippen molar-refractivity contribution < 1.29 is 14.4 Å². The summed E-state index contributed by atoms with van der Waals surface area (Å²) in [5, 5.41) is 4.98. The summed E-state index contributed by atoms with van der Waals surface area (Å²) in [6.07, 6.45) is 3.37. The summed E-state index contributed by atoms with van der Waals surface area (Å²) >= 11 is 0. The number of carbonyl (C=O) groups excluding carboxylic acids is 3. The number of fused-ring (bicyclic) bond motifs is 1. The van der Waals surface area contributed by atoms with E-state index in [1.807, 2.05) is 4.90 Å². The molecule has 176 valence electrons. The predicted octanol–water partition coefficient (Wildman–Crippen LogP) is 1.85. The summed E-state index contributed by atoms with van der Waals surface area (Å²) in [4.78, 5) is 52.6. The molecule has 2 fully saturated rings. The number of hydrazine groups is 1. The molecule has 1 aliphatic carbocycles. The van der Waals surface area contributed by atoms with Crippen molar-refractivity contribution >= 4 is 28.5 Å². The summed E-state index contributed by atoms with van der Waals surface area (Å²) in [5.74, 6) is -0.580. The van der Waals surface area contributed by atoms with Gasteiger partial charge in [0.25, 0.3) is 11.5 Å². The van der Waals surface area contributed by atoms with Crippen LogP contribution >= 0.6 is 0 Å². The van der Waals surface area contributed by atoms with Crippen molar-refractivity contribution in [1.82, 2.24) is 25.5 Å². The highest BCUT2D eigenvalue weighted by atomic mass is 16.2. The molecule has 2 aliphatic rings. The van der Waals surface area contributed by atoms with Crippen LogP contribution in [0.3, 0.4) is 0 Å². The number of carbonyl (C=O) groups is 3. The summed E-state index contributed by atoms with van der Waals surface area (Å²) in [6, 6.07) is 6.91. The minimum atomic E-state index is -0.613. The lowest BCUT2D eigenvalue weighted by atomic mass is 9.77. The Bertz CT molecular complexity index is 1140. The van der Waals surface area contributed by atoms with Crippen LogP contribution in [0.4, 0.5) is 0 Å². The van der Waals surface area contributed by atoms with Gasteiger partial charge in [0.2, 0.25) is 11.8 Å². The number of amides is 3. The number of benzene rings is 1. The molecule has 33 heavy (non-hydrogen) atoms. The highest BCUT2D eigenvalue weighted by Crippen LogP contribution is 2.35. The normalized spacial score (nSPS) is 25.3. The molecule has 2 aromatic rings. The quantitative estimate of drug-likeness (QED) is 0.686. The molecule has 0 bridgehead atoms.